The zero-order valence-corrected chi connectivity index (χ0v) is 16.8. The molecule has 0 aliphatic heterocycles. The molecule has 0 unspecified atom stereocenters. The van der Waals surface area contributed by atoms with Gasteiger partial charge in [0.05, 0.1) is 18.9 Å². The molecule has 0 aliphatic carbocycles. The van der Waals surface area contributed by atoms with Crippen molar-refractivity contribution in [1.29, 1.82) is 0 Å². The zero-order chi connectivity index (χ0) is 19.4. The van der Waals surface area contributed by atoms with Gasteiger partial charge < -0.3 is 5.32 Å². The molecule has 0 bridgehead atoms. The Hall–Kier alpha value is -2.19. The van der Waals surface area contributed by atoms with Crippen LogP contribution in [0.4, 0.5) is 5.69 Å². The van der Waals surface area contributed by atoms with E-state index in [-0.39, 0.29) is 12.5 Å². The minimum absolute atomic E-state index is 0.138. The Morgan fingerprint density at radius 2 is 1.93 bits per heavy atom. The molecule has 0 atom stereocenters. The molecule has 6 nitrogen and oxygen atoms in total. The molecule has 0 radical (unpaired) electrons. The first-order chi connectivity index (χ1) is 12.9. The van der Waals surface area contributed by atoms with Crippen molar-refractivity contribution in [2.24, 2.45) is 0 Å². The van der Waals surface area contributed by atoms with E-state index in [1.165, 1.54) is 0 Å². The molecule has 0 aliphatic rings. The summed E-state index contributed by atoms with van der Waals surface area (Å²) in [7, 11) is 1.82. The number of hydrogen-bond acceptors (Lipinski definition) is 4. The van der Waals surface area contributed by atoms with Gasteiger partial charge >= 0.3 is 0 Å². The Kier molecular flexibility index (Phi) is 6.28. The van der Waals surface area contributed by atoms with E-state index >= 15 is 0 Å². The Morgan fingerprint density at radius 3 is 2.63 bits per heavy atom. The highest BCUT2D eigenvalue weighted by atomic mass is 35.5. The van der Waals surface area contributed by atoms with Gasteiger partial charge in [0.25, 0.3) is 0 Å². The molecule has 27 heavy (non-hydrogen) atoms. The van der Waals surface area contributed by atoms with Crippen LogP contribution in [0.5, 0.6) is 0 Å². The first-order valence-electron chi connectivity index (χ1n) is 8.07. The van der Waals surface area contributed by atoms with Gasteiger partial charge in [-0.1, -0.05) is 29.3 Å². The van der Waals surface area contributed by atoms with Gasteiger partial charge in [-0.15, -0.1) is 0 Å². The van der Waals surface area contributed by atoms with Gasteiger partial charge in [0.1, 0.15) is 6.33 Å². The van der Waals surface area contributed by atoms with E-state index in [0.29, 0.717) is 27.2 Å². The van der Waals surface area contributed by atoms with E-state index < -0.39 is 0 Å². The number of likely N-dealkylation sites (N-methyl/N-ethyl adjacent to an activating group) is 1. The second kappa shape index (κ2) is 8.67. The summed E-state index contributed by atoms with van der Waals surface area (Å²) in [6.07, 6.45) is 1.63. The molecule has 3 aromatic rings. The van der Waals surface area contributed by atoms with Crippen molar-refractivity contribution < 1.29 is 4.79 Å². The lowest BCUT2D eigenvalue weighted by Crippen LogP contribution is -2.32. The third-order valence-electron chi connectivity index (χ3n) is 3.74. The maximum Gasteiger partial charge on any atom is 0.238 e. The number of halogens is 2. The second-order valence-electron chi connectivity index (χ2n) is 5.97. The van der Waals surface area contributed by atoms with Crippen LogP contribution < -0.4 is 5.32 Å². The van der Waals surface area contributed by atoms with E-state index in [4.69, 9.17) is 35.4 Å². The van der Waals surface area contributed by atoms with Crippen molar-refractivity contribution in [3.05, 3.63) is 69.7 Å². The second-order valence-corrected chi connectivity index (χ2v) is 7.21. The van der Waals surface area contributed by atoms with Gasteiger partial charge in [0.15, 0.2) is 0 Å². The number of carbonyl (C=O) groups excluding carboxylic acids is 1. The molecule has 1 N–H and O–H groups in total. The predicted octanol–water partition coefficient (Wildman–Crippen LogP) is 4.24. The van der Waals surface area contributed by atoms with Crippen LogP contribution in [0.3, 0.4) is 0 Å². The number of amides is 1. The van der Waals surface area contributed by atoms with E-state index in [1.807, 2.05) is 30.1 Å². The highest BCUT2D eigenvalue weighted by Crippen LogP contribution is 2.15. The largest absolute Gasteiger partial charge is 0.325 e. The Labute approximate surface area is 171 Å². The predicted molar refractivity (Wildman–Crippen MR) is 110 cm³/mol. The molecule has 1 amide bonds. The summed E-state index contributed by atoms with van der Waals surface area (Å²) in [6, 6.07) is 14.3. The van der Waals surface area contributed by atoms with Crippen molar-refractivity contribution in [2.75, 3.05) is 18.9 Å². The summed E-state index contributed by atoms with van der Waals surface area (Å²) in [4.78, 5) is 14.0. The normalized spacial score (nSPS) is 11.0. The van der Waals surface area contributed by atoms with E-state index in [1.54, 1.807) is 45.9 Å². The van der Waals surface area contributed by atoms with Crippen molar-refractivity contribution in [2.45, 2.75) is 6.67 Å². The quantitative estimate of drug-likeness (QED) is 0.604. The zero-order valence-electron chi connectivity index (χ0n) is 14.5. The van der Waals surface area contributed by atoms with Gasteiger partial charge in [0.2, 0.25) is 10.7 Å². The fraction of sp³-hybridized carbons (Fsp3) is 0.167. The summed E-state index contributed by atoms with van der Waals surface area (Å²) >= 11 is 17.4. The van der Waals surface area contributed by atoms with Gasteiger partial charge in [-0.05, 0) is 61.7 Å². The van der Waals surface area contributed by atoms with E-state index in [0.717, 1.165) is 5.69 Å². The van der Waals surface area contributed by atoms with Crippen LogP contribution in [-0.4, -0.2) is 38.7 Å². The lowest BCUT2D eigenvalue weighted by molar-refractivity contribution is -0.117. The molecule has 9 heteroatoms. The number of aromatic nitrogens is 3. The van der Waals surface area contributed by atoms with Crippen LogP contribution in [-0.2, 0) is 11.5 Å². The van der Waals surface area contributed by atoms with Crippen LogP contribution >= 0.6 is 35.4 Å². The molecule has 0 saturated carbocycles. The first kappa shape index (κ1) is 19.6. The highest BCUT2D eigenvalue weighted by Gasteiger charge is 2.10. The first-order valence-corrected chi connectivity index (χ1v) is 9.23. The smallest absolute Gasteiger partial charge is 0.238 e. The number of nitrogens with one attached hydrogen (secondary N) is 1. The van der Waals surface area contributed by atoms with Gasteiger partial charge in [-0.2, -0.15) is 5.10 Å². The van der Waals surface area contributed by atoms with Crippen LogP contribution in [0.1, 0.15) is 0 Å². The molecular formula is C18H17Cl2N5OS. The summed E-state index contributed by atoms with van der Waals surface area (Å²) < 4.78 is 3.93. The number of anilines is 1. The average Bonchev–Trinajstić information content (AvgIpc) is 2.97. The Bertz CT molecular complexity index is 999. The third kappa shape index (κ3) is 5.17. The summed E-state index contributed by atoms with van der Waals surface area (Å²) in [6.45, 7) is 0.564. The molecule has 2 aromatic carbocycles. The molecule has 1 heterocycles. The summed E-state index contributed by atoms with van der Waals surface area (Å²) in [5.74, 6) is -0.138. The maximum atomic E-state index is 12.2. The van der Waals surface area contributed by atoms with Gasteiger partial charge in [0, 0.05) is 15.7 Å². The average molecular weight is 422 g/mol. The molecule has 0 fully saturated rings. The molecular weight excluding hydrogens is 405 g/mol. The van der Waals surface area contributed by atoms with Crippen LogP contribution in [0.2, 0.25) is 10.0 Å². The molecule has 140 valence electrons. The number of carbonyl (C=O) groups is 1. The number of benzene rings is 2. The Morgan fingerprint density at radius 1 is 1.19 bits per heavy atom. The summed E-state index contributed by atoms with van der Waals surface area (Å²) in [5, 5.41) is 8.37. The number of rotatable bonds is 6. The van der Waals surface area contributed by atoms with Crippen LogP contribution in [0.25, 0.3) is 5.69 Å². The van der Waals surface area contributed by atoms with E-state index in [9.17, 15) is 4.79 Å². The maximum absolute atomic E-state index is 12.2. The lowest BCUT2D eigenvalue weighted by atomic mass is 10.3. The molecule has 3 rings (SSSR count). The van der Waals surface area contributed by atoms with Gasteiger partial charge in [-0.25, -0.2) is 4.68 Å². The monoisotopic (exact) mass is 421 g/mol. The highest BCUT2D eigenvalue weighted by molar-refractivity contribution is 7.71. The van der Waals surface area contributed by atoms with Crippen LogP contribution in [0.15, 0.2) is 54.9 Å². The fourth-order valence-corrected chi connectivity index (χ4v) is 3.06. The number of nitrogens with zero attached hydrogens (tertiary/aromatic N) is 4. The number of hydrogen-bond donors (Lipinski definition) is 1. The topological polar surface area (TPSA) is 55.1 Å². The van der Waals surface area contributed by atoms with Crippen molar-refractivity contribution in [1.82, 2.24) is 19.2 Å². The van der Waals surface area contributed by atoms with Gasteiger partial charge in [-0.3, -0.25) is 14.3 Å². The SMILES string of the molecule is CN(CC(=O)Nc1ccc(Cl)cc1)Cn1ncn(-c2cccc(Cl)c2)c1=S. The third-order valence-corrected chi connectivity index (χ3v) is 4.63. The Balaban J connectivity index is 1.62. The van der Waals surface area contributed by atoms with Crippen LogP contribution in [0, 0.1) is 4.77 Å². The minimum atomic E-state index is -0.138. The van der Waals surface area contributed by atoms with Crippen molar-refractivity contribution in [3.63, 3.8) is 0 Å². The van der Waals surface area contributed by atoms with Crippen molar-refractivity contribution >= 4 is 47.0 Å². The lowest BCUT2D eigenvalue weighted by Gasteiger charge is -2.16. The molecule has 1 aromatic heterocycles. The molecule has 0 spiro atoms. The van der Waals surface area contributed by atoms with Crippen molar-refractivity contribution in [3.8, 4) is 5.69 Å². The molecule has 0 saturated heterocycles. The summed E-state index contributed by atoms with van der Waals surface area (Å²) in [5.41, 5.74) is 1.53. The van der Waals surface area contributed by atoms with E-state index in [2.05, 4.69) is 10.4 Å². The minimum Gasteiger partial charge on any atom is -0.325 e. The standard InChI is InChI=1S/C18H17Cl2N5OS/c1-23(10-17(26)22-15-7-5-13(19)6-8-15)12-25-18(27)24(11-21-25)16-4-2-3-14(20)9-16/h2-9,11H,10,12H2,1H3,(H,22,26). The fourth-order valence-electron chi connectivity index (χ4n) is 2.49.